The van der Waals surface area contributed by atoms with Crippen LogP contribution in [0.3, 0.4) is 0 Å². The summed E-state index contributed by atoms with van der Waals surface area (Å²) in [4.78, 5) is 14.9. The Hall–Kier alpha value is -2.07. The van der Waals surface area contributed by atoms with E-state index >= 15 is 0 Å². The Kier molecular flexibility index (Phi) is 5.59. The Morgan fingerprint density at radius 2 is 1.64 bits per heavy atom. The van der Waals surface area contributed by atoms with Crippen LogP contribution >= 0.6 is 0 Å². The van der Waals surface area contributed by atoms with E-state index in [4.69, 9.17) is 4.42 Å². The van der Waals surface area contributed by atoms with Crippen LogP contribution in [0.2, 0.25) is 0 Å². The highest BCUT2D eigenvalue weighted by Crippen LogP contribution is 2.20. The van der Waals surface area contributed by atoms with E-state index in [1.165, 1.54) is 37.9 Å². The molecule has 4 heteroatoms. The molecule has 0 bridgehead atoms. The molecule has 1 N–H and O–H groups in total. The lowest BCUT2D eigenvalue weighted by atomic mass is 10.1. The Labute approximate surface area is 150 Å². The molecule has 0 saturated carbocycles. The monoisotopic (exact) mass is 340 g/mol. The van der Waals surface area contributed by atoms with Crippen LogP contribution in [0, 0.1) is 20.8 Å². The molecule has 0 unspecified atom stereocenters. The molecular formula is C21H28N2O2. The minimum atomic E-state index is -0.0655. The standard InChI is InChI=1S/C21H28N2O2/c1-15-16(2)25-17(3)20(15)21(24)22-13-18-7-9-19(10-8-18)14-23-11-5-4-6-12-23/h7-10H,4-6,11-14H2,1-3H3,(H,22,24). The minimum Gasteiger partial charge on any atom is -0.466 e. The second-order valence-corrected chi connectivity index (χ2v) is 7.05. The average Bonchev–Trinajstić information content (AvgIpc) is 2.87. The van der Waals surface area contributed by atoms with Crippen LogP contribution < -0.4 is 5.32 Å². The quantitative estimate of drug-likeness (QED) is 0.890. The van der Waals surface area contributed by atoms with Crippen molar-refractivity contribution in [1.82, 2.24) is 10.2 Å². The third-order valence-corrected chi connectivity index (χ3v) is 5.12. The van der Waals surface area contributed by atoms with E-state index in [2.05, 4.69) is 34.5 Å². The highest BCUT2D eigenvalue weighted by Gasteiger charge is 2.18. The normalized spacial score (nSPS) is 15.3. The van der Waals surface area contributed by atoms with E-state index < -0.39 is 0 Å². The van der Waals surface area contributed by atoms with Gasteiger partial charge in [0, 0.05) is 18.7 Å². The highest BCUT2D eigenvalue weighted by atomic mass is 16.3. The van der Waals surface area contributed by atoms with E-state index in [0.29, 0.717) is 17.9 Å². The number of rotatable bonds is 5. The zero-order valence-electron chi connectivity index (χ0n) is 15.5. The first-order valence-electron chi connectivity index (χ1n) is 9.19. The number of piperidine rings is 1. The first-order chi connectivity index (χ1) is 12.0. The second kappa shape index (κ2) is 7.87. The second-order valence-electron chi connectivity index (χ2n) is 7.05. The molecule has 0 aliphatic carbocycles. The van der Waals surface area contributed by atoms with E-state index in [1.54, 1.807) is 0 Å². The van der Waals surface area contributed by atoms with Crippen molar-refractivity contribution in [3.8, 4) is 0 Å². The molecular weight excluding hydrogens is 312 g/mol. The van der Waals surface area contributed by atoms with Crippen LogP contribution in [-0.2, 0) is 13.1 Å². The summed E-state index contributed by atoms with van der Waals surface area (Å²) < 4.78 is 5.54. The number of furan rings is 1. The molecule has 1 amide bonds. The molecule has 1 aromatic heterocycles. The average molecular weight is 340 g/mol. The number of hydrogen-bond acceptors (Lipinski definition) is 3. The fourth-order valence-electron chi connectivity index (χ4n) is 3.54. The van der Waals surface area contributed by atoms with Gasteiger partial charge in [-0.25, -0.2) is 0 Å². The molecule has 1 aliphatic rings. The number of hydrogen-bond donors (Lipinski definition) is 1. The number of aryl methyl sites for hydroxylation is 2. The molecule has 0 spiro atoms. The van der Waals surface area contributed by atoms with E-state index in [-0.39, 0.29) is 5.91 Å². The van der Waals surface area contributed by atoms with Crippen LogP contribution in [-0.4, -0.2) is 23.9 Å². The number of likely N-dealkylation sites (tertiary alicyclic amines) is 1. The van der Waals surface area contributed by atoms with Crippen molar-refractivity contribution in [3.63, 3.8) is 0 Å². The number of carbonyl (C=O) groups is 1. The summed E-state index contributed by atoms with van der Waals surface area (Å²) in [5.74, 6) is 1.43. The lowest BCUT2D eigenvalue weighted by Crippen LogP contribution is -2.29. The molecule has 134 valence electrons. The smallest absolute Gasteiger partial charge is 0.255 e. The summed E-state index contributed by atoms with van der Waals surface area (Å²) in [7, 11) is 0. The van der Waals surface area contributed by atoms with Crippen molar-refractivity contribution in [1.29, 1.82) is 0 Å². The zero-order valence-corrected chi connectivity index (χ0v) is 15.5. The van der Waals surface area contributed by atoms with Crippen LogP contribution in [0.1, 0.15) is 57.8 Å². The Bertz CT molecular complexity index is 725. The van der Waals surface area contributed by atoms with Crippen molar-refractivity contribution in [2.75, 3.05) is 13.1 Å². The molecule has 1 aromatic carbocycles. The van der Waals surface area contributed by atoms with Crippen molar-refractivity contribution >= 4 is 5.91 Å². The van der Waals surface area contributed by atoms with E-state index in [9.17, 15) is 4.79 Å². The SMILES string of the molecule is Cc1oc(C)c(C(=O)NCc2ccc(CN3CCCCC3)cc2)c1C. The first kappa shape index (κ1) is 17.7. The maximum absolute atomic E-state index is 12.4. The lowest BCUT2D eigenvalue weighted by molar-refractivity contribution is 0.0949. The first-order valence-corrected chi connectivity index (χ1v) is 9.19. The van der Waals surface area contributed by atoms with Gasteiger partial charge in [-0.05, 0) is 57.8 Å². The van der Waals surface area contributed by atoms with Crippen LogP contribution in [0.25, 0.3) is 0 Å². The molecule has 2 heterocycles. The minimum absolute atomic E-state index is 0.0655. The van der Waals surface area contributed by atoms with Gasteiger partial charge in [-0.2, -0.15) is 0 Å². The van der Waals surface area contributed by atoms with Crippen LogP contribution in [0.5, 0.6) is 0 Å². The molecule has 1 saturated heterocycles. The van der Waals surface area contributed by atoms with Crippen molar-refractivity contribution < 1.29 is 9.21 Å². The van der Waals surface area contributed by atoms with Gasteiger partial charge < -0.3 is 9.73 Å². The summed E-state index contributed by atoms with van der Waals surface area (Å²) in [6.07, 6.45) is 4.00. The molecule has 1 aliphatic heterocycles. The number of carbonyl (C=O) groups excluding carboxylic acids is 1. The highest BCUT2D eigenvalue weighted by molar-refractivity contribution is 5.96. The number of nitrogens with one attached hydrogen (secondary N) is 1. The van der Waals surface area contributed by atoms with Gasteiger partial charge in [0.05, 0.1) is 5.56 Å². The van der Waals surface area contributed by atoms with E-state index in [1.807, 2.05) is 20.8 Å². The van der Waals surface area contributed by atoms with Gasteiger partial charge in [-0.1, -0.05) is 30.7 Å². The van der Waals surface area contributed by atoms with Crippen LogP contribution in [0.4, 0.5) is 0 Å². The number of amides is 1. The lowest BCUT2D eigenvalue weighted by Gasteiger charge is -2.26. The van der Waals surface area contributed by atoms with Gasteiger partial charge >= 0.3 is 0 Å². The Morgan fingerprint density at radius 3 is 2.24 bits per heavy atom. The summed E-state index contributed by atoms with van der Waals surface area (Å²) in [5, 5.41) is 3.00. The Morgan fingerprint density at radius 1 is 1.00 bits per heavy atom. The van der Waals surface area contributed by atoms with Gasteiger partial charge in [0.2, 0.25) is 0 Å². The third kappa shape index (κ3) is 4.31. The molecule has 0 atom stereocenters. The predicted molar refractivity (Wildman–Crippen MR) is 99.7 cm³/mol. The maximum atomic E-state index is 12.4. The van der Waals surface area contributed by atoms with Crippen LogP contribution in [0.15, 0.2) is 28.7 Å². The van der Waals surface area contributed by atoms with Crippen molar-refractivity contribution in [3.05, 3.63) is 58.0 Å². The van der Waals surface area contributed by atoms with Crippen molar-refractivity contribution in [2.45, 2.75) is 53.1 Å². The summed E-state index contributed by atoms with van der Waals surface area (Å²) in [5.41, 5.74) is 4.05. The maximum Gasteiger partial charge on any atom is 0.255 e. The summed E-state index contributed by atoms with van der Waals surface area (Å²) >= 11 is 0. The topological polar surface area (TPSA) is 45.5 Å². The molecule has 3 rings (SSSR count). The number of nitrogens with zero attached hydrogens (tertiary/aromatic N) is 1. The van der Waals surface area contributed by atoms with Gasteiger partial charge in [0.25, 0.3) is 5.91 Å². The Balaban J connectivity index is 1.55. The summed E-state index contributed by atoms with van der Waals surface area (Å²) in [6, 6.07) is 8.57. The molecule has 25 heavy (non-hydrogen) atoms. The molecule has 0 radical (unpaired) electrons. The van der Waals surface area contributed by atoms with Gasteiger partial charge in [-0.3, -0.25) is 9.69 Å². The predicted octanol–water partition coefficient (Wildman–Crippen LogP) is 4.12. The zero-order chi connectivity index (χ0) is 17.8. The van der Waals surface area contributed by atoms with Gasteiger partial charge in [-0.15, -0.1) is 0 Å². The molecule has 2 aromatic rings. The third-order valence-electron chi connectivity index (χ3n) is 5.12. The van der Waals surface area contributed by atoms with Gasteiger partial charge in [0.15, 0.2) is 0 Å². The van der Waals surface area contributed by atoms with Gasteiger partial charge in [0.1, 0.15) is 11.5 Å². The summed E-state index contributed by atoms with van der Waals surface area (Å²) in [6.45, 7) is 9.63. The fraction of sp³-hybridized carbons (Fsp3) is 0.476. The van der Waals surface area contributed by atoms with E-state index in [0.717, 1.165) is 23.4 Å². The molecule has 1 fully saturated rings. The number of benzene rings is 1. The van der Waals surface area contributed by atoms with Crippen molar-refractivity contribution in [2.24, 2.45) is 0 Å². The largest absolute Gasteiger partial charge is 0.466 e. The fourth-order valence-corrected chi connectivity index (χ4v) is 3.54. The molecule has 4 nitrogen and oxygen atoms in total.